The predicted molar refractivity (Wildman–Crippen MR) is 96.7 cm³/mol. The lowest BCUT2D eigenvalue weighted by Crippen LogP contribution is -2.35. The summed E-state index contributed by atoms with van der Waals surface area (Å²) < 4.78 is 3.52. The molecule has 1 aliphatic carbocycles. The number of aromatic carboxylic acids is 1. The number of carboxylic acid groups (broad SMARTS) is 1. The number of para-hydroxylation sites is 1. The summed E-state index contributed by atoms with van der Waals surface area (Å²) in [6, 6.07) is 9.88. The van der Waals surface area contributed by atoms with Crippen LogP contribution in [-0.2, 0) is 25.9 Å². The van der Waals surface area contributed by atoms with E-state index in [0.717, 1.165) is 35.6 Å². The van der Waals surface area contributed by atoms with Gasteiger partial charge in [0.2, 0.25) is 0 Å². The maximum absolute atomic E-state index is 11.5. The Hall–Kier alpha value is -3.07. The number of aromatic nitrogens is 6. The molecular formula is C18H21N7O2. The fourth-order valence-electron chi connectivity index (χ4n) is 3.62. The predicted octanol–water partition coefficient (Wildman–Crippen LogP) is 1.22. The summed E-state index contributed by atoms with van der Waals surface area (Å²) in [6.45, 7) is 3.17. The van der Waals surface area contributed by atoms with Gasteiger partial charge in [0.1, 0.15) is 0 Å². The monoisotopic (exact) mass is 367 g/mol. The summed E-state index contributed by atoms with van der Waals surface area (Å²) in [5.74, 6) is -0.248. The molecule has 9 nitrogen and oxygen atoms in total. The van der Waals surface area contributed by atoms with Crippen LogP contribution in [0.15, 0.2) is 30.3 Å². The van der Waals surface area contributed by atoms with Crippen molar-refractivity contribution < 1.29 is 9.90 Å². The van der Waals surface area contributed by atoms with Crippen LogP contribution in [0.4, 0.5) is 0 Å². The maximum atomic E-state index is 11.5. The molecule has 2 heterocycles. The van der Waals surface area contributed by atoms with Crippen molar-refractivity contribution in [2.75, 3.05) is 0 Å². The first kappa shape index (κ1) is 17.3. The lowest BCUT2D eigenvalue weighted by atomic mass is 9.91. The molecule has 0 spiro atoms. The zero-order valence-corrected chi connectivity index (χ0v) is 15.0. The molecule has 0 saturated heterocycles. The summed E-state index contributed by atoms with van der Waals surface area (Å²) in [7, 11) is 0. The number of carboxylic acids is 1. The highest BCUT2D eigenvalue weighted by Gasteiger charge is 2.28. The third kappa shape index (κ3) is 3.33. The highest BCUT2D eigenvalue weighted by Crippen LogP contribution is 2.25. The minimum absolute atomic E-state index is 0.158. The lowest BCUT2D eigenvalue weighted by molar-refractivity contribution is 0.0688. The van der Waals surface area contributed by atoms with Gasteiger partial charge in [0.25, 0.3) is 0 Å². The SMILES string of the molecule is CCn1nc(C(=O)O)c2c1CCC(NCc1nnnn1-c1ccccc1)C2. The summed E-state index contributed by atoms with van der Waals surface area (Å²) in [5, 5.41) is 29.1. The van der Waals surface area contributed by atoms with Crippen molar-refractivity contribution in [3.05, 3.63) is 53.1 Å². The fraction of sp³-hybridized carbons (Fsp3) is 0.389. The molecule has 0 fully saturated rings. The van der Waals surface area contributed by atoms with E-state index in [1.807, 2.05) is 41.9 Å². The number of fused-ring (bicyclic) bond motifs is 1. The second-order valence-corrected chi connectivity index (χ2v) is 6.56. The molecule has 4 rings (SSSR count). The van der Waals surface area contributed by atoms with Crippen molar-refractivity contribution >= 4 is 5.97 Å². The molecule has 27 heavy (non-hydrogen) atoms. The third-order valence-electron chi connectivity index (χ3n) is 4.93. The van der Waals surface area contributed by atoms with Crippen molar-refractivity contribution in [2.45, 2.75) is 45.3 Å². The number of tetrazole rings is 1. The van der Waals surface area contributed by atoms with E-state index >= 15 is 0 Å². The van der Waals surface area contributed by atoms with Gasteiger partial charge < -0.3 is 10.4 Å². The van der Waals surface area contributed by atoms with Crippen LogP contribution in [-0.4, -0.2) is 47.1 Å². The van der Waals surface area contributed by atoms with Gasteiger partial charge >= 0.3 is 5.97 Å². The average molecular weight is 367 g/mol. The average Bonchev–Trinajstić information content (AvgIpc) is 3.31. The molecule has 1 unspecified atom stereocenters. The molecule has 1 aliphatic rings. The topological polar surface area (TPSA) is 111 Å². The Labute approximate surface area is 156 Å². The van der Waals surface area contributed by atoms with Gasteiger partial charge in [-0.05, 0) is 48.7 Å². The molecule has 140 valence electrons. The van der Waals surface area contributed by atoms with Crippen LogP contribution in [0, 0.1) is 0 Å². The molecule has 9 heteroatoms. The first-order chi connectivity index (χ1) is 13.2. The van der Waals surface area contributed by atoms with E-state index in [9.17, 15) is 9.90 Å². The zero-order valence-electron chi connectivity index (χ0n) is 15.0. The van der Waals surface area contributed by atoms with Crippen LogP contribution in [0.1, 0.15) is 40.9 Å². The Morgan fingerprint density at radius 1 is 1.33 bits per heavy atom. The van der Waals surface area contributed by atoms with Crippen molar-refractivity contribution in [3.63, 3.8) is 0 Å². The van der Waals surface area contributed by atoms with Gasteiger partial charge in [0.05, 0.1) is 12.2 Å². The largest absolute Gasteiger partial charge is 0.476 e. The van der Waals surface area contributed by atoms with Crippen molar-refractivity contribution in [2.24, 2.45) is 0 Å². The smallest absolute Gasteiger partial charge is 0.356 e. The number of nitrogens with one attached hydrogen (secondary N) is 1. The van der Waals surface area contributed by atoms with Crippen LogP contribution in [0.3, 0.4) is 0 Å². The van der Waals surface area contributed by atoms with Gasteiger partial charge in [0.15, 0.2) is 11.5 Å². The fourth-order valence-corrected chi connectivity index (χ4v) is 3.62. The minimum Gasteiger partial charge on any atom is -0.476 e. The normalized spacial score (nSPS) is 16.3. The summed E-state index contributed by atoms with van der Waals surface area (Å²) in [6.07, 6.45) is 2.37. The van der Waals surface area contributed by atoms with Crippen LogP contribution in [0.25, 0.3) is 5.69 Å². The van der Waals surface area contributed by atoms with E-state index in [1.54, 1.807) is 4.68 Å². The Morgan fingerprint density at radius 3 is 2.89 bits per heavy atom. The van der Waals surface area contributed by atoms with Crippen molar-refractivity contribution in [3.8, 4) is 5.69 Å². The summed E-state index contributed by atoms with van der Waals surface area (Å²) >= 11 is 0. The minimum atomic E-state index is -0.966. The molecule has 1 atom stereocenters. The van der Waals surface area contributed by atoms with Crippen LogP contribution in [0.5, 0.6) is 0 Å². The second-order valence-electron chi connectivity index (χ2n) is 6.56. The van der Waals surface area contributed by atoms with Gasteiger partial charge in [-0.1, -0.05) is 18.2 Å². The molecule has 1 aromatic carbocycles. The molecule has 0 aliphatic heterocycles. The van der Waals surface area contributed by atoms with Gasteiger partial charge in [-0.3, -0.25) is 4.68 Å². The molecule has 0 radical (unpaired) electrons. The molecule has 2 N–H and O–H groups in total. The van der Waals surface area contributed by atoms with E-state index in [0.29, 0.717) is 19.5 Å². The summed E-state index contributed by atoms with van der Waals surface area (Å²) in [5.41, 5.74) is 2.97. The van der Waals surface area contributed by atoms with Crippen molar-refractivity contribution in [1.29, 1.82) is 0 Å². The standard InChI is InChI=1S/C18H21N7O2/c1-2-24-15-9-8-12(10-14(15)17(21-24)18(26)27)19-11-16-20-22-23-25(16)13-6-4-3-5-7-13/h3-7,12,19H,2,8-11H2,1H3,(H,26,27). The first-order valence-electron chi connectivity index (χ1n) is 9.05. The van der Waals surface area contributed by atoms with Crippen LogP contribution < -0.4 is 5.32 Å². The van der Waals surface area contributed by atoms with Gasteiger partial charge in [-0.15, -0.1) is 5.10 Å². The number of hydrogen-bond donors (Lipinski definition) is 2. The number of hydrogen-bond acceptors (Lipinski definition) is 6. The van der Waals surface area contributed by atoms with Crippen molar-refractivity contribution in [1.82, 2.24) is 35.3 Å². The molecule has 3 aromatic rings. The van der Waals surface area contributed by atoms with Crippen LogP contribution >= 0.6 is 0 Å². The lowest BCUT2D eigenvalue weighted by Gasteiger charge is -2.24. The van der Waals surface area contributed by atoms with Gasteiger partial charge in [-0.2, -0.15) is 9.78 Å². The quantitative estimate of drug-likeness (QED) is 0.674. The number of aryl methyl sites for hydroxylation is 1. The van der Waals surface area contributed by atoms with Gasteiger partial charge in [0, 0.05) is 23.8 Å². The Bertz CT molecular complexity index is 948. The molecule has 0 amide bonds. The van der Waals surface area contributed by atoms with E-state index < -0.39 is 5.97 Å². The van der Waals surface area contributed by atoms with Crippen LogP contribution in [0.2, 0.25) is 0 Å². The summed E-state index contributed by atoms with van der Waals surface area (Å²) in [4.78, 5) is 11.5. The first-order valence-corrected chi connectivity index (χ1v) is 9.05. The molecule has 0 saturated carbocycles. The second kappa shape index (κ2) is 7.28. The number of rotatable bonds is 6. The Balaban J connectivity index is 1.48. The molecular weight excluding hydrogens is 346 g/mol. The Morgan fingerprint density at radius 2 is 2.15 bits per heavy atom. The van der Waals surface area contributed by atoms with Gasteiger partial charge in [-0.25, -0.2) is 4.79 Å². The van der Waals surface area contributed by atoms with E-state index in [2.05, 4.69) is 25.9 Å². The zero-order chi connectivity index (χ0) is 18.8. The van der Waals surface area contributed by atoms with E-state index in [4.69, 9.17) is 0 Å². The maximum Gasteiger partial charge on any atom is 0.356 e. The number of nitrogens with zero attached hydrogens (tertiary/aromatic N) is 6. The Kier molecular flexibility index (Phi) is 4.68. The third-order valence-corrected chi connectivity index (χ3v) is 4.93. The highest BCUT2D eigenvalue weighted by molar-refractivity contribution is 5.87. The molecule has 2 aromatic heterocycles. The van der Waals surface area contributed by atoms with E-state index in [-0.39, 0.29) is 11.7 Å². The van der Waals surface area contributed by atoms with E-state index in [1.165, 1.54) is 0 Å². The number of benzene rings is 1. The molecule has 0 bridgehead atoms. The highest BCUT2D eigenvalue weighted by atomic mass is 16.4. The number of carbonyl (C=O) groups is 1.